The van der Waals surface area contributed by atoms with Crippen molar-refractivity contribution in [3.63, 3.8) is 0 Å². The van der Waals surface area contributed by atoms with Crippen LogP contribution in [0.4, 0.5) is 0 Å². The van der Waals surface area contributed by atoms with Gasteiger partial charge in [0.15, 0.2) is 0 Å². The first-order valence-electron chi connectivity index (χ1n) is 10.00. The first kappa shape index (κ1) is 21.0. The summed E-state index contributed by atoms with van der Waals surface area (Å²) in [5.41, 5.74) is 0.842. The summed E-state index contributed by atoms with van der Waals surface area (Å²) in [6, 6.07) is 0. The molecule has 1 aliphatic heterocycles. The van der Waals surface area contributed by atoms with Crippen LogP contribution in [-0.4, -0.2) is 64.9 Å². The molecular formula is C20H30N4O3S. The number of thiazole rings is 1. The molecule has 2 aromatic heterocycles. The van der Waals surface area contributed by atoms with Gasteiger partial charge in [-0.05, 0) is 33.6 Å². The normalized spacial score (nSPS) is 15.3. The molecule has 0 saturated carbocycles. The predicted molar refractivity (Wildman–Crippen MR) is 109 cm³/mol. The van der Waals surface area contributed by atoms with E-state index in [0.29, 0.717) is 25.7 Å². The third kappa shape index (κ3) is 5.18. The number of likely N-dealkylation sites (tertiary alicyclic amines) is 1. The molecule has 0 atom stereocenters. The molecule has 154 valence electrons. The van der Waals surface area contributed by atoms with Crippen LogP contribution in [0.2, 0.25) is 0 Å². The van der Waals surface area contributed by atoms with Gasteiger partial charge in [0.1, 0.15) is 10.7 Å². The molecule has 2 aromatic rings. The molecule has 3 heterocycles. The van der Waals surface area contributed by atoms with Gasteiger partial charge in [0.25, 0.3) is 5.91 Å². The minimum Gasteiger partial charge on any atom is -0.379 e. The van der Waals surface area contributed by atoms with Crippen molar-refractivity contribution >= 4 is 17.2 Å². The third-order valence-electron chi connectivity index (χ3n) is 5.05. The van der Waals surface area contributed by atoms with E-state index >= 15 is 0 Å². The van der Waals surface area contributed by atoms with Crippen LogP contribution in [0, 0.1) is 13.8 Å². The fourth-order valence-electron chi connectivity index (χ4n) is 3.61. The predicted octanol–water partition coefficient (Wildman–Crippen LogP) is 3.03. The fourth-order valence-corrected chi connectivity index (χ4v) is 4.50. The summed E-state index contributed by atoms with van der Waals surface area (Å²) < 4.78 is 13.1. The smallest absolute Gasteiger partial charge is 0.265 e. The van der Waals surface area contributed by atoms with Crippen molar-refractivity contribution in [1.82, 2.24) is 19.4 Å². The molecule has 0 radical (unpaired) electrons. The Morgan fingerprint density at radius 1 is 1.21 bits per heavy atom. The van der Waals surface area contributed by atoms with Gasteiger partial charge in [-0.15, -0.1) is 11.3 Å². The zero-order valence-corrected chi connectivity index (χ0v) is 17.8. The molecular weight excluding hydrogens is 376 g/mol. The number of ether oxygens (including phenoxy) is 2. The van der Waals surface area contributed by atoms with Gasteiger partial charge in [0.2, 0.25) is 0 Å². The number of aryl methyl sites for hydroxylation is 2. The van der Waals surface area contributed by atoms with Crippen LogP contribution in [0.5, 0.6) is 0 Å². The largest absolute Gasteiger partial charge is 0.379 e. The molecule has 7 nitrogen and oxygen atoms in total. The maximum Gasteiger partial charge on any atom is 0.265 e. The van der Waals surface area contributed by atoms with Crippen LogP contribution in [0.25, 0.3) is 0 Å². The summed E-state index contributed by atoms with van der Waals surface area (Å²) in [7, 11) is 0. The van der Waals surface area contributed by atoms with Gasteiger partial charge in [-0.2, -0.15) is 0 Å². The summed E-state index contributed by atoms with van der Waals surface area (Å²) >= 11 is 1.49. The average Bonchev–Trinajstić information content (AvgIpc) is 3.30. The molecule has 3 rings (SSSR count). The van der Waals surface area contributed by atoms with Crippen molar-refractivity contribution in [3.8, 4) is 0 Å². The number of amides is 1. The minimum absolute atomic E-state index is 0.118. The fraction of sp³-hybridized carbons (Fsp3) is 0.650. The molecule has 1 fully saturated rings. The van der Waals surface area contributed by atoms with Crippen molar-refractivity contribution in [1.29, 1.82) is 0 Å². The number of piperidine rings is 1. The average molecular weight is 407 g/mol. The SMILES string of the molecule is CCOCCOCCn1ccnc1C1CCN(C(=O)c2sc(C)nc2C)CC1. The Labute approximate surface area is 170 Å². The highest BCUT2D eigenvalue weighted by Gasteiger charge is 2.28. The maximum absolute atomic E-state index is 12.8. The van der Waals surface area contributed by atoms with E-state index in [1.54, 1.807) is 0 Å². The molecule has 8 heteroatoms. The first-order valence-corrected chi connectivity index (χ1v) is 10.8. The molecule has 0 unspecified atom stereocenters. The maximum atomic E-state index is 12.8. The van der Waals surface area contributed by atoms with Crippen molar-refractivity contribution in [2.24, 2.45) is 0 Å². The molecule has 0 N–H and O–H groups in total. The number of rotatable bonds is 9. The Morgan fingerprint density at radius 3 is 2.64 bits per heavy atom. The van der Waals surface area contributed by atoms with Crippen LogP contribution in [0.15, 0.2) is 12.4 Å². The Bertz CT molecular complexity index is 765. The highest BCUT2D eigenvalue weighted by Crippen LogP contribution is 2.29. The minimum atomic E-state index is 0.118. The second kappa shape index (κ2) is 10.1. The zero-order valence-electron chi connectivity index (χ0n) is 17.0. The van der Waals surface area contributed by atoms with Crippen molar-refractivity contribution in [2.75, 3.05) is 39.5 Å². The van der Waals surface area contributed by atoms with Gasteiger partial charge in [-0.25, -0.2) is 9.97 Å². The standard InChI is InChI=1S/C20H30N4O3S/c1-4-26-13-14-27-12-11-23-10-7-21-19(23)17-5-8-24(9-6-17)20(25)18-15(2)22-16(3)28-18/h7,10,17H,4-6,8-9,11-14H2,1-3H3. The van der Waals surface area contributed by atoms with Crippen LogP contribution in [-0.2, 0) is 16.0 Å². The monoisotopic (exact) mass is 406 g/mol. The number of hydrogen-bond donors (Lipinski definition) is 0. The highest BCUT2D eigenvalue weighted by atomic mass is 32.1. The molecule has 1 saturated heterocycles. The lowest BCUT2D eigenvalue weighted by atomic mass is 9.95. The van der Waals surface area contributed by atoms with Crippen LogP contribution < -0.4 is 0 Å². The molecule has 0 spiro atoms. The number of nitrogens with zero attached hydrogens (tertiary/aromatic N) is 4. The van der Waals surface area contributed by atoms with E-state index in [9.17, 15) is 4.79 Å². The number of carbonyl (C=O) groups is 1. The van der Waals surface area contributed by atoms with E-state index in [0.717, 1.165) is 60.5 Å². The summed E-state index contributed by atoms with van der Waals surface area (Å²) in [5, 5.41) is 0.946. The molecule has 0 aliphatic carbocycles. The van der Waals surface area contributed by atoms with Gasteiger partial charge in [-0.1, -0.05) is 0 Å². The second-order valence-electron chi connectivity index (χ2n) is 7.00. The third-order valence-corrected chi connectivity index (χ3v) is 6.11. The zero-order chi connectivity index (χ0) is 19.9. The highest BCUT2D eigenvalue weighted by molar-refractivity contribution is 7.13. The van der Waals surface area contributed by atoms with Crippen LogP contribution in [0.1, 0.15) is 51.9 Å². The van der Waals surface area contributed by atoms with Gasteiger partial charge in [0, 0.05) is 44.6 Å². The number of hydrogen-bond acceptors (Lipinski definition) is 6. The van der Waals surface area contributed by atoms with E-state index < -0.39 is 0 Å². The Balaban J connectivity index is 1.49. The quantitative estimate of drug-likeness (QED) is 0.599. The van der Waals surface area contributed by atoms with Gasteiger partial charge < -0.3 is 18.9 Å². The Morgan fingerprint density at radius 2 is 1.96 bits per heavy atom. The lowest BCUT2D eigenvalue weighted by Crippen LogP contribution is -2.38. The molecule has 1 amide bonds. The van der Waals surface area contributed by atoms with Gasteiger partial charge in [0.05, 0.1) is 30.5 Å². The lowest BCUT2D eigenvalue weighted by molar-refractivity contribution is 0.0492. The number of carbonyl (C=O) groups excluding carboxylic acids is 1. The summed E-state index contributed by atoms with van der Waals surface area (Å²) in [4.78, 5) is 24.5. The van der Waals surface area contributed by atoms with E-state index in [-0.39, 0.29) is 5.91 Å². The molecule has 28 heavy (non-hydrogen) atoms. The second-order valence-corrected chi connectivity index (χ2v) is 8.21. The van der Waals surface area contributed by atoms with E-state index in [4.69, 9.17) is 9.47 Å². The Kier molecular flexibility index (Phi) is 7.58. The van der Waals surface area contributed by atoms with Gasteiger partial charge in [-0.3, -0.25) is 4.79 Å². The van der Waals surface area contributed by atoms with Crippen LogP contribution in [0.3, 0.4) is 0 Å². The molecule has 0 bridgehead atoms. The molecule has 0 aromatic carbocycles. The first-order chi connectivity index (χ1) is 13.6. The van der Waals surface area contributed by atoms with E-state index in [1.165, 1.54) is 11.3 Å². The lowest BCUT2D eigenvalue weighted by Gasteiger charge is -2.31. The Hall–Kier alpha value is -1.77. The van der Waals surface area contributed by atoms with E-state index in [2.05, 4.69) is 14.5 Å². The molecule has 1 aliphatic rings. The van der Waals surface area contributed by atoms with Crippen molar-refractivity contribution in [3.05, 3.63) is 33.8 Å². The van der Waals surface area contributed by atoms with Crippen LogP contribution >= 0.6 is 11.3 Å². The van der Waals surface area contributed by atoms with Gasteiger partial charge >= 0.3 is 0 Å². The van der Waals surface area contributed by atoms with Crippen molar-refractivity contribution in [2.45, 2.75) is 46.1 Å². The summed E-state index contributed by atoms with van der Waals surface area (Å²) in [6.07, 6.45) is 5.74. The number of imidazole rings is 1. The summed E-state index contributed by atoms with van der Waals surface area (Å²) in [6.45, 7) is 10.8. The number of aromatic nitrogens is 3. The van der Waals surface area contributed by atoms with Crippen molar-refractivity contribution < 1.29 is 14.3 Å². The summed E-state index contributed by atoms with van der Waals surface area (Å²) in [5.74, 6) is 1.60. The topological polar surface area (TPSA) is 69.5 Å². The van der Waals surface area contributed by atoms with E-state index in [1.807, 2.05) is 38.1 Å².